The van der Waals surface area contributed by atoms with E-state index in [4.69, 9.17) is 9.15 Å². The highest BCUT2D eigenvalue weighted by molar-refractivity contribution is 7.94. The number of ether oxygens (including phenoxy) is 1. The molecule has 3 aromatic rings. The number of rotatable bonds is 6. The molecule has 3 rings (SSSR count). The van der Waals surface area contributed by atoms with Gasteiger partial charge < -0.3 is 9.15 Å². The molecule has 0 atom stereocenters. The van der Waals surface area contributed by atoms with Gasteiger partial charge in [-0.25, -0.2) is 13.2 Å². The predicted molar refractivity (Wildman–Crippen MR) is 95.2 cm³/mol. The summed E-state index contributed by atoms with van der Waals surface area (Å²) in [6.45, 7) is 2.00. The number of esters is 1. The minimum absolute atomic E-state index is 0.174. The average molecular weight is 377 g/mol. The molecule has 25 heavy (non-hydrogen) atoms. The Bertz CT molecular complexity index is 957. The fraction of sp³-hybridized carbons (Fsp3) is 0.118. The van der Waals surface area contributed by atoms with E-state index >= 15 is 0 Å². The first-order valence-electron chi connectivity index (χ1n) is 7.43. The molecule has 1 N–H and O–H groups in total. The number of hydrogen-bond acceptors (Lipinski definition) is 6. The molecule has 8 heteroatoms. The zero-order valence-electron chi connectivity index (χ0n) is 13.3. The Morgan fingerprint density at radius 2 is 1.92 bits per heavy atom. The van der Waals surface area contributed by atoms with Gasteiger partial charge in [-0.2, -0.15) is 0 Å². The molecule has 0 bridgehead atoms. The maximum atomic E-state index is 12.5. The van der Waals surface area contributed by atoms with Gasteiger partial charge in [0.05, 0.1) is 23.3 Å². The molecule has 2 aromatic heterocycles. The van der Waals surface area contributed by atoms with E-state index in [1.54, 1.807) is 25.1 Å². The number of carbonyl (C=O) groups excluding carboxylic acids is 1. The number of nitrogens with one attached hydrogen (secondary N) is 1. The van der Waals surface area contributed by atoms with E-state index in [1.165, 1.54) is 36.6 Å². The van der Waals surface area contributed by atoms with Crippen LogP contribution in [0.3, 0.4) is 0 Å². The van der Waals surface area contributed by atoms with E-state index < -0.39 is 16.0 Å². The summed E-state index contributed by atoms with van der Waals surface area (Å²) in [6.07, 6.45) is 1.53. The molecule has 0 aliphatic heterocycles. The van der Waals surface area contributed by atoms with Crippen molar-refractivity contribution in [1.29, 1.82) is 0 Å². The van der Waals surface area contributed by atoms with Gasteiger partial charge in [0, 0.05) is 5.69 Å². The minimum atomic E-state index is -3.72. The summed E-state index contributed by atoms with van der Waals surface area (Å²) in [7, 11) is -3.72. The molecule has 0 saturated carbocycles. The fourth-order valence-electron chi connectivity index (χ4n) is 2.11. The van der Waals surface area contributed by atoms with E-state index in [-0.39, 0.29) is 10.8 Å². The molecular formula is C17H15NO5S2. The third-order valence-corrected chi connectivity index (χ3v) is 6.23. The zero-order valence-corrected chi connectivity index (χ0v) is 14.9. The lowest BCUT2D eigenvalue weighted by atomic mass is 10.2. The summed E-state index contributed by atoms with van der Waals surface area (Å²) in [5.74, 6) is 0.170. The summed E-state index contributed by atoms with van der Waals surface area (Å²) in [6, 6.07) is 12.8. The SMILES string of the molecule is CCOC(=O)c1ccc(NS(=O)(=O)c2ccc(-c3ccco3)s2)cc1. The first kappa shape index (κ1) is 17.2. The topological polar surface area (TPSA) is 85.6 Å². The maximum Gasteiger partial charge on any atom is 0.338 e. The minimum Gasteiger partial charge on any atom is -0.464 e. The number of furan rings is 1. The predicted octanol–water partition coefficient (Wildman–Crippen LogP) is 3.99. The molecule has 0 fully saturated rings. The largest absolute Gasteiger partial charge is 0.464 e. The highest BCUT2D eigenvalue weighted by atomic mass is 32.2. The summed E-state index contributed by atoms with van der Waals surface area (Å²) < 4.78 is 37.8. The summed E-state index contributed by atoms with van der Waals surface area (Å²) >= 11 is 1.11. The number of sulfonamides is 1. The Labute approximate surface area is 149 Å². The van der Waals surface area contributed by atoms with Crippen molar-refractivity contribution in [3.05, 3.63) is 60.4 Å². The Hall–Kier alpha value is -2.58. The molecular weight excluding hydrogens is 362 g/mol. The Morgan fingerprint density at radius 1 is 1.16 bits per heavy atom. The number of benzene rings is 1. The van der Waals surface area contributed by atoms with Crippen molar-refractivity contribution in [3.8, 4) is 10.6 Å². The van der Waals surface area contributed by atoms with Crippen LogP contribution in [0, 0.1) is 0 Å². The Kier molecular flexibility index (Phi) is 4.91. The van der Waals surface area contributed by atoms with Crippen molar-refractivity contribution < 1.29 is 22.4 Å². The van der Waals surface area contributed by atoms with Gasteiger partial charge in [-0.05, 0) is 55.5 Å². The van der Waals surface area contributed by atoms with Crippen LogP contribution >= 0.6 is 11.3 Å². The highest BCUT2D eigenvalue weighted by Crippen LogP contribution is 2.31. The molecule has 0 aliphatic carbocycles. The van der Waals surface area contributed by atoms with Crippen molar-refractivity contribution in [3.63, 3.8) is 0 Å². The lowest BCUT2D eigenvalue weighted by Gasteiger charge is -2.07. The summed E-state index contributed by atoms with van der Waals surface area (Å²) in [5, 5.41) is 0. The monoisotopic (exact) mass is 377 g/mol. The van der Waals surface area contributed by atoms with Crippen LogP contribution in [0.1, 0.15) is 17.3 Å². The third-order valence-electron chi connectivity index (χ3n) is 3.26. The first-order chi connectivity index (χ1) is 12.0. The van der Waals surface area contributed by atoms with Crippen LogP contribution in [0.15, 0.2) is 63.4 Å². The standard InChI is InChI=1S/C17H15NO5S2/c1-2-22-17(19)12-5-7-13(8-6-12)18-25(20,21)16-10-9-15(24-16)14-4-3-11-23-14/h3-11,18H,2H2,1H3. The molecule has 2 heterocycles. The molecule has 1 aromatic carbocycles. The van der Waals surface area contributed by atoms with Gasteiger partial charge in [-0.3, -0.25) is 4.72 Å². The van der Waals surface area contributed by atoms with Gasteiger partial charge >= 0.3 is 5.97 Å². The van der Waals surface area contributed by atoms with Crippen LogP contribution < -0.4 is 4.72 Å². The van der Waals surface area contributed by atoms with Gasteiger partial charge in [-0.15, -0.1) is 11.3 Å². The van der Waals surface area contributed by atoms with Gasteiger partial charge in [0.2, 0.25) is 0 Å². The fourth-order valence-corrected chi connectivity index (χ4v) is 4.44. The normalized spacial score (nSPS) is 11.2. The van der Waals surface area contributed by atoms with Crippen molar-refractivity contribution in [2.75, 3.05) is 11.3 Å². The van der Waals surface area contributed by atoms with Crippen molar-refractivity contribution in [1.82, 2.24) is 0 Å². The van der Waals surface area contributed by atoms with Crippen LogP contribution in [-0.2, 0) is 14.8 Å². The molecule has 130 valence electrons. The number of anilines is 1. The summed E-state index contributed by atoms with van der Waals surface area (Å²) in [5.41, 5.74) is 0.724. The summed E-state index contributed by atoms with van der Waals surface area (Å²) in [4.78, 5) is 12.3. The first-order valence-corrected chi connectivity index (χ1v) is 9.73. The van der Waals surface area contributed by atoms with E-state index in [0.29, 0.717) is 17.0 Å². The van der Waals surface area contributed by atoms with E-state index in [0.717, 1.165) is 16.2 Å². The van der Waals surface area contributed by atoms with Crippen LogP contribution in [0.5, 0.6) is 0 Å². The Balaban J connectivity index is 1.76. The van der Waals surface area contributed by atoms with Crippen molar-refractivity contribution in [2.45, 2.75) is 11.1 Å². The van der Waals surface area contributed by atoms with E-state index in [1.807, 2.05) is 0 Å². The van der Waals surface area contributed by atoms with Gasteiger partial charge in [-0.1, -0.05) is 0 Å². The quantitative estimate of drug-likeness (QED) is 0.657. The van der Waals surface area contributed by atoms with E-state index in [2.05, 4.69) is 4.72 Å². The molecule has 0 unspecified atom stereocenters. The van der Waals surface area contributed by atoms with E-state index in [9.17, 15) is 13.2 Å². The molecule has 0 spiro atoms. The smallest absolute Gasteiger partial charge is 0.338 e. The van der Waals surface area contributed by atoms with Crippen LogP contribution in [-0.4, -0.2) is 21.0 Å². The molecule has 0 radical (unpaired) electrons. The van der Waals surface area contributed by atoms with Gasteiger partial charge in [0.25, 0.3) is 10.0 Å². The highest BCUT2D eigenvalue weighted by Gasteiger charge is 2.18. The maximum absolute atomic E-state index is 12.5. The van der Waals surface area contributed by atoms with Crippen molar-refractivity contribution >= 4 is 33.0 Å². The van der Waals surface area contributed by atoms with Gasteiger partial charge in [0.15, 0.2) is 0 Å². The van der Waals surface area contributed by atoms with Crippen LogP contribution in [0.2, 0.25) is 0 Å². The van der Waals surface area contributed by atoms with Crippen LogP contribution in [0.4, 0.5) is 5.69 Å². The van der Waals surface area contributed by atoms with Crippen molar-refractivity contribution in [2.24, 2.45) is 0 Å². The van der Waals surface area contributed by atoms with Gasteiger partial charge in [0.1, 0.15) is 9.97 Å². The second kappa shape index (κ2) is 7.12. The molecule has 0 amide bonds. The zero-order chi connectivity index (χ0) is 17.9. The molecule has 6 nitrogen and oxygen atoms in total. The third kappa shape index (κ3) is 3.92. The Morgan fingerprint density at radius 3 is 2.56 bits per heavy atom. The number of thiophene rings is 1. The molecule has 0 aliphatic rings. The number of carbonyl (C=O) groups is 1. The second-order valence-corrected chi connectivity index (χ2v) is 7.99. The number of hydrogen-bond donors (Lipinski definition) is 1. The lowest BCUT2D eigenvalue weighted by molar-refractivity contribution is 0.0526. The molecule has 0 saturated heterocycles. The lowest BCUT2D eigenvalue weighted by Crippen LogP contribution is -2.11. The average Bonchev–Trinajstić information content (AvgIpc) is 3.27. The van der Waals surface area contributed by atoms with Crippen LogP contribution in [0.25, 0.3) is 10.6 Å². The second-order valence-electron chi connectivity index (χ2n) is 5.00.